The Morgan fingerprint density at radius 1 is 1.33 bits per heavy atom. The zero-order chi connectivity index (χ0) is 7.11. The summed E-state index contributed by atoms with van der Waals surface area (Å²) in [5.41, 5.74) is 1.09. The summed E-state index contributed by atoms with van der Waals surface area (Å²) >= 11 is 0. The standard InChI is InChI=1S/C9H12/c1-4-7-9(6-3)8-5-2/h4-8H,1,3H2,2H3. The van der Waals surface area contributed by atoms with Crippen LogP contribution in [0.25, 0.3) is 0 Å². The van der Waals surface area contributed by atoms with Gasteiger partial charge in [0.05, 0.1) is 0 Å². The van der Waals surface area contributed by atoms with Gasteiger partial charge in [0.15, 0.2) is 0 Å². The average Bonchev–Trinajstić information content (AvgIpc) is 1.88. The first-order chi connectivity index (χ1) is 4.35. The molecule has 0 rings (SSSR count). The van der Waals surface area contributed by atoms with Crippen LogP contribution in [0.1, 0.15) is 6.92 Å². The molecule has 0 radical (unpaired) electrons. The topological polar surface area (TPSA) is 0 Å². The van der Waals surface area contributed by atoms with Crippen LogP contribution in [0.3, 0.4) is 0 Å². The van der Waals surface area contributed by atoms with Gasteiger partial charge in [0, 0.05) is 0 Å². The molecule has 0 unspecified atom stereocenters. The lowest BCUT2D eigenvalue weighted by Gasteiger charge is -1.85. The Balaban J connectivity index is 4.13. The van der Waals surface area contributed by atoms with Crippen molar-refractivity contribution in [2.24, 2.45) is 0 Å². The van der Waals surface area contributed by atoms with E-state index in [4.69, 9.17) is 0 Å². The molecule has 0 aromatic carbocycles. The molecule has 9 heavy (non-hydrogen) atoms. The van der Waals surface area contributed by atoms with Crippen LogP contribution in [0.15, 0.2) is 49.1 Å². The number of rotatable bonds is 3. The summed E-state index contributed by atoms with van der Waals surface area (Å²) in [6.07, 6.45) is 9.40. The second kappa shape index (κ2) is 5.10. The first-order valence-corrected chi connectivity index (χ1v) is 2.93. The Morgan fingerprint density at radius 3 is 2.33 bits per heavy atom. The summed E-state index contributed by atoms with van der Waals surface area (Å²) in [4.78, 5) is 0. The Bertz CT molecular complexity index is 147. The van der Waals surface area contributed by atoms with Crippen LogP contribution in [-0.2, 0) is 0 Å². The van der Waals surface area contributed by atoms with Crippen molar-refractivity contribution < 1.29 is 0 Å². The van der Waals surface area contributed by atoms with E-state index in [2.05, 4.69) is 13.2 Å². The van der Waals surface area contributed by atoms with Crippen LogP contribution < -0.4 is 0 Å². The third-order valence-corrected chi connectivity index (χ3v) is 0.905. The van der Waals surface area contributed by atoms with Crippen LogP contribution >= 0.6 is 0 Å². The van der Waals surface area contributed by atoms with Crippen molar-refractivity contribution in [2.75, 3.05) is 0 Å². The minimum atomic E-state index is 1.09. The Labute approximate surface area is 56.9 Å². The Hall–Kier alpha value is -1.04. The van der Waals surface area contributed by atoms with Gasteiger partial charge in [-0.2, -0.15) is 0 Å². The lowest BCUT2D eigenvalue weighted by Crippen LogP contribution is -1.65. The highest BCUT2D eigenvalue weighted by atomic mass is 13.8. The molecule has 0 heterocycles. The fraction of sp³-hybridized carbons (Fsp3) is 0.111. The van der Waals surface area contributed by atoms with Crippen molar-refractivity contribution in [2.45, 2.75) is 6.92 Å². The molecule has 0 spiro atoms. The minimum absolute atomic E-state index is 1.09. The van der Waals surface area contributed by atoms with E-state index >= 15 is 0 Å². The highest BCUT2D eigenvalue weighted by molar-refractivity contribution is 5.31. The number of allylic oxidation sites excluding steroid dienone is 6. The second-order valence-electron chi connectivity index (χ2n) is 1.61. The monoisotopic (exact) mass is 120 g/mol. The van der Waals surface area contributed by atoms with Crippen molar-refractivity contribution in [3.05, 3.63) is 49.1 Å². The van der Waals surface area contributed by atoms with Crippen LogP contribution in [0.5, 0.6) is 0 Å². The minimum Gasteiger partial charge on any atom is -0.0990 e. The SMILES string of the molecule is C=CC=C(C=C)C=CC. The fourth-order valence-electron chi connectivity index (χ4n) is 0.520. The van der Waals surface area contributed by atoms with E-state index in [0.29, 0.717) is 0 Å². The molecule has 0 aromatic rings. The van der Waals surface area contributed by atoms with Crippen molar-refractivity contribution in [3.8, 4) is 0 Å². The summed E-state index contributed by atoms with van der Waals surface area (Å²) in [6.45, 7) is 9.18. The first-order valence-electron chi connectivity index (χ1n) is 2.93. The normalized spacial score (nSPS) is 11.9. The van der Waals surface area contributed by atoms with E-state index < -0.39 is 0 Å². The molecule has 0 aromatic heterocycles. The zero-order valence-corrected chi connectivity index (χ0v) is 5.80. The summed E-state index contributed by atoms with van der Waals surface area (Å²) in [5, 5.41) is 0. The molecule has 0 bridgehead atoms. The van der Waals surface area contributed by atoms with Crippen molar-refractivity contribution in [1.82, 2.24) is 0 Å². The second-order valence-corrected chi connectivity index (χ2v) is 1.61. The molecule has 48 valence electrons. The molecule has 0 N–H and O–H groups in total. The van der Waals surface area contributed by atoms with Crippen LogP contribution in [0.2, 0.25) is 0 Å². The van der Waals surface area contributed by atoms with Gasteiger partial charge in [0.25, 0.3) is 0 Å². The van der Waals surface area contributed by atoms with E-state index in [1.807, 2.05) is 25.2 Å². The predicted molar refractivity (Wildman–Crippen MR) is 43.3 cm³/mol. The van der Waals surface area contributed by atoms with Gasteiger partial charge >= 0.3 is 0 Å². The van der Waals surface area contributed by atoms with Gasteiger partial charge in [0.2, 0.25) is 0 Å². The summed E-state index contributed by atoms with van der Waals surface area (Å²) < 4.78 is 0. The molecule has 0 nitrogen and oxygen atoms in total. The highest BCUT2D eigenvalue weighted by Gasteiger charge is 1.76. The lowest BCUT2D eigenvalue weighted by atomic mass is 10.2. The molecule has 0 aliphatic carbocycles. The van der Waals surface area contributed by atoms with Crippen LogP contribution in [-0.4, -0.2) is 0 Å². The lowest BCUT2D eigenvalue weighted by molar-refractivity contribution is 1.64. The molecule has 0 saturated heterocycles. The van der Waals surface area contributed by atoms with Gasteiger partial charge in [-0.05, 0) is 12.5 Å². The van der Waals surface area contributed by atoms with Gasteiger partial charge in [-0.25, -0.2) is 0 Å². The summed E-state index contributed by atoms with van der Waals surface area (Å²) in [7, 11) is 0. The zero-order valence-electron chi connectivity index (χ0n) is 5.80. The van der Waals surface area contributed by atoms with Gasteiger partial charge in [-0.3, -0.25) is 0 Å². The maximum atomic E-state index is 3.63. The third kappa shape index (κ3) is 3.53. The van der Waals surface area contributed by atoms with Crippen molar-refractivity contribution in [3.63, 3.8) is 0 Å². The summed E-state index contributed by atoms with van der Waals surface area (Å²) in [5.74, 6) is 0. The van der Waals surface area contributed by atoms with Gasteiger partial charge in [0.1, 0.15) is 0 Å². The van der Waals surface area contributed by atoms with Crippen molar-refractivity contribution >= 4 is 0 Å². The molecular weight excluding hydrogens is 108 g/mol. The molecule has 0 amide bonds. The van der Waals surface area contributed by atoms with E-state index in [0.717, 1.165) is 5.57 Å². The van der Waals surface area contributed by atoms with Crippen LogP contribution in [0.4, 0.5) is 0 Å². The van der Waals surface area contributed by atoms with Gasteiger partial charge in [-0.15, -0.1) is 0 Å². The highest BCUT2D eigenvalue weighted by Crippen LogP contribution is 1.96. The molecule has 0 heteroatoms. The number of hydrogen-bond acceptors (Lipinski definition) is 0. The Morgan fingerprint density at radius 2 is 2.00 bits per heavy atom. The summed E-state index contributed by atoms with van der Waals surface area (Å²) in [6, 6.07) is 0. The predicted octanol–water partition coefficient (Wildman–Crippen LogP) is 2.86. The molecule has 0 saturated carbocycles. The van der Waals surface area contributed by atoms with Gasteiger partial charge < -0.3 is 0 Å². The smallest absolute Gasteiger partial charge is 0.0266 e. The molecule has 0 aliphatic rings. The molecule has 0 atom stereocenters. The average molecular weight is 120 g/mol. The third-order valence-electron chi connectivity index (χ3n) is 0.905. The number of hydrogen-bond donors (Lipinski definition) is 0. The quantitative estimate of drug-likeness (QED) is 0.502. The first kappa shape index (κ1) is 7.96. The van der Waals surface area contributed by atoms with E-state index in [-0.39, 0.29) is 0 Å². The largest absolute Gasteiger partial charge is 0.0990 e. The van der Waals surface area contributed by atoms with Crippen molar-refractivity contribution in [1.29, 1.82) is 0 Å². The van der Waals surface area contributed by atoms with E-state index in [9.17, 15) is 0 Å². The molecule has 0 aliphatic heterocycles. The van der Waals surface area contributed by atoms with Gasteiger partial charge in [-0.1, -0.05) is 43.5 Å². The Kier molecular flexibility index (Phi) is 4.51. The van der Waals surface area contributed by atoms with E-state index in [1.165, 1.54) is 0 Å². The molecule has 0 fully saturated rings. The maximum absolute atomic E-state index is 3.63. The fourth-order valence-corrected chi connectivity index (χ4v) is 0.520. The maximum Gasteiger partial charge on any atom is -0.0266 e. The van der Waals surface area contributed by atoms with Crippen LogP contribution in [0, 0.1) is 0 Å². The molecular formula is C9H12. The van der Waals surface area contributed by atoms with E-state index in [1.54, 1.807) is 12.2 Å².